The molecule has 2 aliphatic heterocycles. The number of aliphatic imine (C=N–C) groups is 1. The quantitative estimate of drug-likeness (QED) is 0.746. The first kappa shape index (κ1) is 13.8. The van der Waals surface area contributed by atoms with Crippen molar-refractivity contribution in [3.8, 4) is 0 Å². The van der Waals surface area contributed by atoms with Gasteiger partial charge in [-0.2, -0.15) is 0 Å². The van der Waals surface area contributed by atoms with Crippen LogP contribution < -0.4 is 4.90 Å². The number of anilines is 2. The first-order chi connectivity index (χ1) is 10.7. The molecular formula is C17H20N4S. The summed E-state index contributed by atoms with van der Waals surface area (Å²) < 4.78 is 0. The highest BCUT2D eigenvalue weighted by atomic mass is 32.1. The van der Waals surface area contributed by atoms with Crippen LogP contribution in [0.2, 0.25) is 0 Å². The van der Waals surface area contributed by atoms with E-state index in [1.807, 2.05) is 0 Å². The van der Waals surface area contributed by atoms with Gasteiger partial charge >= 0.3 is 0 Å². The average Bonchev–Trinajstić information content (AvgIpc) is 2.99. The minimum atomic E-state index is 1.04. The van der Waals surface area contributed by atoms with Crippen LogP contribution in [0.3, 0.4) is 0 Å². The third-order valence-electron chi connectivity index (χ3n) is 4.46. The monoisotopic (exact) mass is 312 g/mol. The first-order valence-corrected chi connectivity index (χ1v) is 8.55. The van der Waals surface area contributed by atoms with Gasteiger partial charge in [0.1, 0.15) is 10.8 Å². The van der Waals surface area contributed by atoms with Gasteiger partial charge in [-0.1, -0.05) is 12.1 Å². The largest absolute Gasteiger partial charge is 0.353 e. The maximum atomic E-state index is 5.04. The van der Waals surface area contributed by atoms with Gasteiger partial charge in [-0.05, 0) is 30.6 Å². The van der Waals surface area contributed by atoms with Crippen molar-refractivity contribution >= 4 is 33.5 Å². The summed E-state index contributed by atoms with van der Waals surface area (Å²) in [5.41, 5.74) is 3.49. The van der Waals surface area contributed by atoms with Gasteiger partial charge in [0.05, 0.1) is 16.9 Å². The number of para-hydroxylation sites is 2. The van der Waals surface area contributed by atoms with Crippen LogP contribution in [0.1, 0.15) is 5.56 Å². The molecule has 1 fully saturated rings. The molecular weight excluding hydrogens is 292 g/mol. The third-order valence-corrected chi connectivity index (χ3v) is 5.45. The van der Waals surface area contributed by atoms with Gasteiger partial charge in [-0.25, -0.2) is 4.99 Å². The number of amidine groups is 1. The number of benzene rings is 1. The zero-order valence-corrected chi connectivity index (χ0v) is 13.8. The topological polar surface area (TPSA) is 22.1 Å². The number of rotatable bonds is 0. The van der Waals surface area contributed by atoms with Crippen molar-refractivity contribution in [1.82, 2.24) is 9.80 Å². The molecule has 0 aliphatic carbocycles. The highest BCUT2D eigenvalue weighted by molar-refractivity contribution is 7.14. The number of piperazine rings is 1. The lowest BCUT2D eigenvalue weighted by Gasteiger charge is -2.34. The molecule has 0 N–H and O–H groups in total. The van der Waals surface area contributed by atoms with E-state index in [0.29, 0.717) is 0 Å². The Hall–Kier alpha value is -1.85. The van der Waals surface area contributed by atoms with Crippen molar-refractivity contribution in [2.45, 2.75) is 0 Å². The van der Waals surface area contributed by atoms with Gasteiger partial charge in [0.25, 0.3) is 0 Å². The molecule has 2 aliphatic rings. The third kappa shape index (κ3) is 2.21. The molecule has 0 unspecified atom stereocenters. The van der Waals surface area contributed by atoms with Gasteiger partial charge in [-0.3, -0.25) is 0 Å². The molecule has 1 aromatic heterocycles. The van der Waals surface area contributed by atoms with Crippen molar-refractivity contribution < 1.29 is 0 Å². The van der Waals surface area contributed by atoms with Gasteiger partial charge in [0, 0.05) is 33.2 Å². The normalized spacial score (nSPS) is 18.5. The number of likely N-dealkylation sites (N-methyl/N-ethyl adjacent to an activating group) is 1. The van der Waals surface area contributed by atoms with E-state index in [1.54, 1.807) is 11.3 Å². The lowest BCUT2D eigenvalue weighted by atomic mass is 10.2. The van der Waals surface area contributed by atoms with E-state index >= 15 is 0 Å². The van der Waals surface area contributed by atoms with Crippen LogP contribution in [0.15, 0.2) is 40.7 Å². The molecule has 4 nitrogen and oxygen atoms in total. The highest BCUT2D eigenvalue weighted by Gasteiger charge is 2.26. The maximum absolute atomic E-state index is 5.04. The molecule has 1 aromatic carbocycles. The summed E-state index contributed by atoms with van der Waals surface area (Å²) in [4.78, 5) is 12.1. The van der Waals surface area contributed by atoms with E-state index in [0.717, 1.165) is 37.7 Å². The van der Waals surface area contributed by atoms with E-state index in [9.17, 15) is 0 Å². The summed E-state index contributed by atoms with van der Waals surface area (Å²) in [5.74, 6) is 1.13. The number of nitrogens with zero attached hydrogens (tertiary/aromatic N) is 4. The Morgan fingerprint density at radius 2 is 1.77 bits per heavy atom. The van der Waals surface area contributed by atoms with E-state index < -0.39 is 0 Å². The van der Waals surface area contributed by atoms with E-state index in [-0.39, 0.29) is 0 Å². The summed E-state index contributed by atoms with van der Waals surface area (Å²) >= 11 is 1.79. The van der Waals surface area contributed by atoms with Gasteiger partial charge in [0.15, 0.2) is 0 Å². The zero-order chi connectivity index (χ0) is 15.1. The van der Waals surface area contributed by atoms with Gasteiger partial charge in [-0.15, -0.1) is 11.3 Å². The van der Waals surface area contributed by atoms with Crippen molar-refractivity contribution in [1.29, 1.82) is 0 Å². The Balaban J connectivity index is 1.83. The fourth-order valence-electron chi connectivity index (χ4n) is 3.12. The molecule has 0 saturated carbocycles. The Labute approximate surface area is 135 Å². The molecule has 5 heteroatoms. The molecule has 2 aromatic rings. The number of hydrogen-bond acceptors (Lipinski definition) is 5. The second-order valence-electron chi connectivity index (χ2n) is 5.91. The van der Waals surface area contributed by atoms with Crippen LogP contribution in [-0.4, -0.2) is 55.9 Å². The molecule has 0 bridgehead atoms. The predicted octanol–water partition coefficient (Wildman–Crippen LogP) is 3.16. The summed E-state index contributed by atoms with van der Waals surface area (Å²) in [6, 6.07) is 10.6. The van der Waals surface area contributed by atoms with Crippen LogP contribution in [0, 0.1) is 0 Å². The minimum absolute atomic E-state index is 1.04. The van der Waals surface area contributed by atoms with Gasteiger partial charge < -0.3 is 14.7 Å². The molecule has 1 saturated heterocycles. The van der Waals surface area contributed by atoms with Crippen molar-refractivity contribution in [2.24, 2.45) is 4.99 Å². The van der Waals surface area contributed by atoms with E-state index in [1.165, 1.54) is 16.3 Å². The minimum Gasteiger partial charge on any atom is -0.353 e. The summed E-state index contributed by atoms with van der Waals surface area (Å²) in [6.07, 6.45) is 0. The number of hydrogen-bond donors (Lipinski definition) is 0. The fourth-order valence-corrected chi connectivity index (χ4v) is 3.99. The molecule has 22 heavy (non-hydrogen) atoms. The molecule has 114 valence electrons. The van der Waals surface area contributed by atoms with Crippen LogP contribution in [0.25, 0.3) is 0 Å². The zero-order valence-electron chi connectivity index (χ0n) is 13.0. The van der Waals surface area contributed by atoms with Crippen molar-refractivity contribution in [2.75, 3.05) is 45.2 Å². The highest BCUT2D eigenvalue weighted by Crippen LogP contribution is 2.41. The fraction of sp³-hybridized carbons (Fsp3) is 0.353. The lowest BCUT2D eigenvalue weighted by molar-refractivity contribution is 0.216. The first-order valence-electron chi connectivity index (χ1n) is 7.67. The van der Waals surface area contributed by atoms with Crippen LogP contribution in [-0.2, 0) is 0 Å². The van der Waals surface area contributed by atoms with E-state index in [2.05, 4.69) is 64.5 Å². The summed E-state index contributed by atoms with van der Waals surface area (Å²) in [5, 5.41) is 3.45. The predicted molar refractivity (Wildman–Crippen MR) is 94.1 cm³/mol. The standard InChI is InChI=1S/C17H20N4S/c1-19-8-10-21(11-9-19)16-13-7-12-22-17(13)20(2)15-6-4-3-5-14(15)18-16/h3-7,12H,8-11H2,1-2H3. The summed E-state index contributed by atoms with van der Waals surface area (Å²) in [6.45, 7) is 4.26. The number of fused-ring (bicyclic) bond motifs is 2. The Bertz CT molecular complexity index is 713. The molecule has 4 rings (SSSR count). The second kappa shape index (κ2) is 5.41. The molecule has 3 heterocycles. The Morgan fingerprint density at radius 1 is 1.00 bits per heavy atom. The maximum Gasteiger partial charge on any atom is 0.139 e. The smallest absolute Gasteiger partial charge is 0.139 e. The Morgan fingerprint density at radius 3 is 2.59 bits per heavy atom. The average molecular weight is 312 g/mol. The van der Waals surface area contributed by atoms with Crippen molar-refractivity contribution in [3.63, 3.8) is 0 Å². The molecule has 0 spiro atoms. The lowest BCUT2D eigenvalue weighted by Crippen LogP contribution is -2.47. The van der Waals surface area contributed by atoms with Crippen molar-refractivity contribution in [3.05, 3.63) is 41.3 Å². The Kier molecular flexibility index (Phi) is 3.39. The molecule has 0 amide bonds. The van der Waals surface area contributed by atoms with Gasteiger partial charge in [0.2, 0.25) is 0 Å². The van der Waals surface area contributed by atoms with Crippen LogP contribution in [0.5, 0.6) is 0 Å². The second-order valence-corrected chi connectivity index (χ2v) is 6.81. The number of thiophene rings is 1. The van der Waals surface area contributed by atoms with E-state index in [4.69, 9.17) is 4.99 Å². The summed E-state index contributed by atoms with van der Waals surface area (Å²) in [7, 11) is 4.32. The van der Waals surface area contributed by atoms with Crippen LogP contribution >= 0.6 is 11.3 Å². The SMILES string of the molecule is CN1CCN(C2=Nc3ccccc3N(C)c3sccc32)CC1. The molecule has 0 radical (unpaired) electrons. The molecule has 0 atom stereocenters. The van der Waals surface area contributed by atoms with Crippen LogP contribution in [0.4, 0.5) is 16.4 Å².